The number of hydrogen-bond donors (Lipinski definition) is 4. The Labute approximate surface area is 206 Å². The molecular weight excluding hydrogens is 474 g/mol. The van der Waals surface area contributed by atoms with Gasteiger partial charge in [-0.25, -0.2) is 5.01 Å². The van der Waals surface area contributed by atoms with Crippen molar-refractivity contribution in [3.05, 3.63) is 29.8 Å². The van der Waals surface area contributed by atoms with Gasteiger partial charge in [0.15, 0.2) is 0 Å². The first-order chi connectivity index (χ1) is 17.1. The largest absolute Gasteiger partial charge is 0.481 e. The molecule has 2 aliphatic rings. The Balaban J connectivity index is 1.83. The fourth-order valence-corrected chi connectivity index (χ4v) is 4.22. The van der Waals surface area contributed by atoms with Gasteiger partial charge in [-0.15, -0.1) is 0 Å². The van der Waals surface area contributed by atoms with Gasteiger partial charge in [0.1, 0.15) is 18.4 Å². The van der Waals surface area contributed by atoms with Crippen LogP contribution >= 0.6 is 0 Å². The maximum Gasteiger partial charge on any atom is 0.305 e. The van der Waals surface area contributed by atoms with Crippen molar-refractivity contribution in [3.63, 3.8) is 0 Å². The van der Waals surface area contributed by atoms with Crippen molar-refractivity contribution >= 4 is 47.5 Å². The van der Waals surface area contributed by atoms with E-state index in [1.165, 1.54) is 24.1 Å². The second-order valence-electron chi connectivity index (χ2n) is 8.50. The van der Waals surface area contributed by atoms with Gasteiger partial charge in [0, 0.05) is 19.9 Å². The van der Waals surface area contributed by atoms with E-state index in [-0.39, 0.29) is 49.3 Å². The molecule has 3 atom stereocenters. The Bertz CT molecular complexity index is 1090. The fourth-order valence-electron chi connectivity index (χ4n) is 4.22. The van der Waals surface area contributed by atoms with E-state index in [2.05, 4.69) is 16.0 Å². The molecule has 2 fully saturated rings. The third-order valence-corrected chi connectivity index (χ3v) is 5.84. The molecule has 5 amide bonds. The van der Waals surface area contributed by atoms with Crippen molar-refractivity contribution in [1.29, 1.82) is 0 Å². The highest BCUT2D eigenvalue weighted by Crippen LogP contribution is 2.25. The third kappa shape index (κ3) is 6.03. The van der Waals surface area contributed by atoms with E-state index in [1.54, 1.807) is 12.1 Å². The fraction of sp³-hybridized carbons (Fsp3) is 0.435. The van der Waals surface area contributed by atoms with E-state index < -0.39 is 54.1 Å². The lowest BCUT2D eigenvalue weighted by Crippen LogP contribution is -2.64. The molecule has 1 aromatic carbocycles. The quantitative estimate of drug-likeness (QED) is 0.342. The summed E-state index contributed by atoms with van der Waals surface area (Å²) in [5.74, 6) is -4.20. The Morgan fingerprint density at radius 2 is 1.89 bits per heavy atom. The molecule has 0 saturated carbocycles. The molecule has 1 aromatic rings. The first-order valence-electron chi connectivity index (χ1n) is 11.4. The van der Waals surface area contributed by atoms with Gasteiger partial charge >= 0.3 is 5.97 Å². The summed E-state index contributed by atoms with van der Waals surface area (Å²) in [7, 11) is 0. The lowest BCUT2D eigenvalue weighted by molar-refractivity contribution is -0.176. The zero-order valence-corrected chi connectivity index (χ0v) is 19.6. The summed E-state index contributed by atoms with van der Waals surface area (Å²) in [6, 6.07) is 2.60. The van der Waals surface area contributed by atoms with Gasteiger partial charge in [0.05, 0.1) is 23.7 Å². The van der Waals surface area contributed by atoms with E-state index in [1.807, 2.05) is 0 Å². The van der Waals surface area contributed by atoms with Crippen LogP contribution < -0.4 is 16.0 Å². The molecule has 13 heteroatoms. The molecule has 2 heterocycles. The number of hydrazine groups is 1. The van der Waals surface area contributed by atoms with Crippen LogP contribution in [0, 0.1) is 0 Å². The summed E-state index contributed by atoms with van der Waals surface area (Å²) in [5.41, 5.74) is 0.359. The van der Waals surface area contributed by atoms with Crippen LogP contribution in [0.1, 0.15) is 49.4 Å². The number of hydrogen-bond acceptors (Lipinski definition) is 7. The Morgan fingerprint density at radius 3 is 2.56 bits per heavy atom. The predicted octanol–water partition coefficient (Wildman–Crippen LogP) is -0.570. The average molecular weight is 501 g/mol. The molecule has 3 unspecified atom stereocenters. The highest BCUT2D eigenvalue weighted by atomic mass is 16.4. The van der Waals surface area contributed by atoms with Gasteiger partial charge in [-0.3, -0.25) is 33.8 Å². The standard InChI is InChI=1S/C23H27N5O8/c1-13(30)24-16-6-3-2-5-15(16)21(34)26-17-8-9-19(31)27-10-4-7-18(28(27)23(17)36)22(35)25-14(12-29)11-20(32)33/h2-3,5-6,12,14,17-18H,4,7-11H2,1H3,(H,24,30)(H,25,35)(H,26,34)(H,32,33). The molecule has 0 aromatic heterocycles. The molecule has 2 aliphatic heterocycles. The van der Waals surface area contributed by atoms with Crippen LogP contribution in [-0.4, -0.2) is 81.6 Å². The van der Waals surface area contributed by atoms with Crippen molar-refractivity contribution in [1.82, 2.24) is 20.7 Å². The number of aldehydes is 1. The van der Waals surface area contributed by atoms with Crippen LogP contribution in [0.4, 0.5) is 5.69 Å². The van der Waals surface area contributed by atoms with Crippen LogP contribution in [-0.2, 0) is 28.8 Å². The molecule has 0 aliphatic carbocycles. The molecular formula is C23H27N5O8. The normalized spacial score (nSPS) is 20.5. The Hall–Kier alpha value is -4.29. The number of aliphatic carboxylic acids is 1. The topological polar surface area (TPSA) is 182 Å². The van der Waals surface area contributed by atoms with Crippen molar-refractivity contribution in [2.45, 2.75) is 57.2 Å². The minimum absolute atomic E-state index is 0.0109. The number of nitrogens with zero attached hydrogens (tertiary/aromatic N) is 2. The van der Waals surface area contributed by atoms with Crippen LogP contribution in [0.3, 0.4) is 0 Å². The summed E-state index contributed by atoms with van der Waals surface area (Å²) in [6.45, 7) is 1.48. The van der Waals surface area contributed by atoms with Crippen LogP contribution in [0.2, 0.25) is 0 Å². The zero-order chi connectivity index (χ0) is 26.4. The molecule has 0 spiro atoms. The summed E-state index contributed by atoms with van der Waals surface area (Å²) in [4.78, 5) is 85.9. The number of nitrogens with one attached hydrogen (secondary N) is 3. The van der Waals surface area contributed by atoms with Crippen molar-refractivity contribution in [2.24, 2.45) is 0 Å². The molecule has 192 valence electrons. The van der Waals surface area contributed by atoms with Crippen molar-refractivity contribution in [2.75, 3.05) is 11.9 Å². The number of rotatable bonds is 8. The SMILES string of the molecule is CC(=O)Nc1ccccc1C(=O)NC1CCC(=O)N2CCCC(C(=O)NC(C=O)CC(=O)O)N2C1=O. The van der Waals surface area contributed by atoms with Gasteiger partial charge < -0.3 is 25.9 Å². The van der Waals surface area contributed by atoms with Crippen LogP contribution in [0.5, 0.6) is 0 Å². The molecule has 0 radical (unpaired) electrons. The van der Waals surface area contributed by atoms with Crippen LogP contribution in [0.15, 0.2) is 24.3 Å². The summed E-state index contributed by atoms with van der Waals surface area (Å²) < 4.78 is 0. The number of benzene rings is 1. The minimum atomic E-state index is -1.30. The van der Waals surface area contributed by atoms with Crippen molar-refractivity contribution in [3.8, 4) is 0 Å². The number of fused-ring (bicyclic) bond motifs is 1. The van der Waals surface area contributed by atoms with E-state index in [0.29, 0.717) is 6.42 Å². The number of carboxylic acids is 1. The molecule has 0 bridgehead atoms. The first kappa shape index (κ1) is 26.3. The predicted molar refractivity (Wildman–Crippen MR) is 123 cm³/mol. The highest BCUT2D eigenvalue weighted by molar-refractivity contribution is 6.05. The van der Waals surface area contributed by atoms with Gasteiger partial charge in [-0.2, -0.15) is 0 Å². The number of para-hydroxylation sites is 1. The average Bonchev–Trinajstić information content (AvgIpc) is 2.95. The van der Waals surface area contributed by atoms with Gasteiger partial charge in [-0.1, -0.05) is 12.1 Å². The van der Waals surface area contributed by atoms with Gasteiger partial charge in [-0.05, 0) is 31.4 Å². The van der Waals surface area contributed by atoms with Gasteiger partial charge in [0.25, 0.3) is 11.8 Å². The highest BCUT2D eigenvalue weighted by Gasteiger charge is 2.45. The Kier molecular flexibility index (Phi) is 8.35. The van der Waals surface area contributed by atoms with E-state index >= 15 is 0 Å². The summed E-state index contributed by atoms with van der Waals surface area (Å²) >= 11 is 0. The number of amides is 5. The second kappa shape index (κ2) is 11.4. The number of carbonyl (C=O) groups is 7. The minimum Gasteiger partial charge on any atom is -0.481 e. The number of carboxylic acid groups (broad SMARTS) is 1. The smallest absolute Gasteiger partial charge is 0.305 e. The summed E-state index contributed by atoms with van der Waals surface area (Å²) in [6.07, 6.45) is 0.155. The lowest BCUT2D eigenvalue weighted by Gasteiger charge is -2.43. The zero-order valence-electron chi connectivity index (χ0n) is 19.6. The molecule has 13 nitrogen and oxygen atoms in total. The maximum absolute atomic E-state index is 13.5. The molecule has 3 rings (SSSR count). The van der Waals surface area contributed by atoms with E-state index in [4.69, 9.17) is 5.11 Å². The molecule has 2 saturated heterocycles. The summed E-state index contributed by atoms with van der Waals surface area (Å²) in [5, 5.41) is 18.6. The number of carbonyl (C=O) groups excluding carboxylic acids is 6. The molecule has 4 N–H and O–H groups in total. The second-order valence-corrected chi connectivity index (χ2v) is 8.50. The lowest BCUT2D eigenvalue weighted by atomic mass is 10.0. The monoisotopic (exact) mass is 501 g/mol. The first-order valence-corrected chi connectivity index (χ1v) is 11.4. The Morgan fingerprint density at radius 1 is 1.17 bits per heavy atom. The van der Waals surface area contributed by atoms with E-state index in [0.717, 1.165) is 5.01 Å². The maximum atomic E-state index is 13.5. The van der Waals surface area contributed by atoms with E-state index in [9.17, 15) is 33.6 Å². The van der Waals surface area contributed by atoms with Crippen molar-refractivity contribution < 1.29 is 38.7 Å². The third-order valence-electron chi connectivity index (χ3n) is 5.84. The van der Waals surface area contributed by atoms with Crippen LogP contribution in [0.25, 0.3) is 0 Å². The van der Waals surface area contributed by atoms with Gasteiger partial charge in [0.2, 0.25) is 17.7 Å². The molecule has 36 heavy (non-hydrogen) atoms. The number of anilines is 1.